The molecule has 6 heteroatoms. The van der Waals surface area contributed by atoms with Gasteiger partial charge >= 0.3 is 5.97 Å². The third-order valence-corrected chi connectivity index (χ3v) is 4.44. The first-order valence-electron chi connectivity index (χ1n) is 7.31. The lowest BCUT2D eigenvalue weighted by atomic mass is 9.84. The number of hydrogen-bond donors (Lipinski definition) is 2. The molecule has 1 aromatic heterocycles. The maximum Gasteiger partial charge on any atom is 0.308 e. The van der Waals surface area contributed by atoms with Crippen molar-refractivity contribution in [3.63, 3.8) is 0 Å². The second-order valence-corrected chi connectivity index (χ2v) is 6.77. The molecule has 0 spiro atoms. The smallest absolute Gasteiger partial charge is 0.308 e. The van der Waals surface area contributed by atoms with Crippen LogP contribution in [0.3, 0.4) is 0 Å². The predicted molar refractivity (Wildman–Crippen MR) is 83.4 cm³/mol. The Labute approximate surface area is 132 Å². The number of amides is 1. The van der Waals surface area contributed by atoms with E-state index in [-0.39, 0.29) is 18.0 Å². The van der Waals surface area contributed by atoms with Crippen LogP contribution in [0.5, 0.6) is 0 Å². The van der Waals surface area contributed by atoms with Crippen molar-refractivity contribution in [1.29, 1.82) is 0 Å². The van der Waals surface area contributed by atoms with Crippen LogP contribution in [0.4, 0.5) is 0 Å². The fraction of sp³-hybridized carbons (Fsp3) is 0.600. The number of carboxylic acids is 1. The zero-order valence-corrected chi connectivity index (χ0v) is 13.9. The van der Waals surface area contributed by atoms with Crippen molar-refractivity contribution in [2.24, 2.45) is 5.92 Å². The fourth-order valence-electron chi connectivity index (χ4n) is 2.90. The van der Waals surface area contributed by atoms with Crippen molar-refractivity contribution in [1.82, 2.24) is 9.88 Å². The van der Waals surface area contributed by atoms with Gasteiger partial charge in [0, 0.05) is 22.8 Å². The summed E-state index contributed by atoms with van der Waals surface area (Å²) in [5.74, 6) is -1.50. The predicted octanol–water partition coefficient (Wildman–Crippen LogP) is 3.20. The normalized spacial score (nSPS) is 22.3. The minimum absolute atomic E-state index is 0.165. The van der Waals surface area contributed by atoms with E-state index in [4.69, 9.17) is 0 Å². The molecular formula is C15H21BrN2O3. The maximum atomic E-state index is 12.5. The van der Waals surface area contributed by atoms with Crippen molar-refractivity contribution < 1.29 is 14.7 Å². The molecule has 21 heavy (non-hydrogen) atoms. The fourth-order valence-corrected chi connectivity index (χ4v) is 3.33. The van der Waals surface area contributed by atoms with Crippen molar-refractivity contribution in [2.75, 3.05) is 0 Å². The second-order valence-electron chi connectivity index (χ2n) is 5.85. The Kier molecular flexibility index (Phi) is 5.08. The number of nitrogens with zero attached hydrogens (tertiary/aromatic N) is 1. The highest BCUT2D eigenvalue weighted by molar-refractivity contribution is 9.10. The van der Waals surface area contributed by atoms with E-state index in [1.54, 1.807) is 6.07 Å². The molecule has 2 rings (SSSR count). The van der Waals surface area contributed by atoms with Crippen molar-refractivity contribution in [3.8, 4) is 0 Å². The molecule has 116 valence electrons. The maximum absolute atomic E-state index is 12.5. The summed E-state index contributed by atoms with van der Waals surface area (Å²) in [6.07, 6.45) is 5.11. The van der Waals surface area contributed by atoms with Gasteiger partial charge in [-0.05, 0) is 48.7 Å². The summed E-state index contributed by atoms with van der Waals surface area (Å²) in [5, 5.41) is 12.2. The van der Waals surface area contributed by atoms with Gasteiger partial charge in [-0.25, -0.2) is 0 Å². The summed E-state index contributed by atoms with van der Waals surface area (Å²) in [6.45, 7) is 4.01. The molecule has 1 aromatic rings. The number of halogens is 1. The average Bonchev–Trinajstić information content (AvgIpc) is 2.81. The van der Waals surface area contributed by atoms with E-state index >= 15 is 0 Å². The number of nitrogens with one attached hydrogen (secondary N) is 1. The monoisotopic (exact) mass is 356 g/mol. The average molecular weight is 357 g/mol. The molecule has 1 aliphatic carbocycles. The van der Waals surface area contributed by atoms with Gasteiger partial charge in [0.2, 0.25) is 0 Å². The molecule has 5 nitrogen and oxygen atoms in total. The van der Waals surface area contributed by atoms with Crippen LogP contribution >= 0.6 is 15.9 Å². The van der Waals surface area contributed by atoms with Crippen LogP contribution in [-0.4, -0.2) is 27.6 Å². The van der Waals surface area contributed by atoms with Crippen LogP contribution < -0.4 is 5.32 Å². The van der Waals surface area contributed by atoms with Crippen LogP contribution in [0.15, 0.2) is 16.7 Å². The molecule has 1 fully saturated rings. The number of hydrogen-bond acceptors (Lipinski definition) is 2. The molecule has 2 atom stereocenters. The van der Waals surface area contributed by atoms with Crippen LogP contribution in [-0.2, 0) is 4.79 Å². The highest BCUT2D eigenvalue weighted by Crippen LogP contribution is 2.26. The molecule has 0 bridgehead atoms. The van der Waals surface area contributed by atoms with E-state index in [2.05, 4.69) is 21.2 Å². The highest BCUT2D eigenvalue weighted by Gasteiger charge is 2.32. The van der Waals surface area contributed by atoms with Gasteiger partial charge in [-0.3, -0.25) is 9.59 Å². The number of rotatable bonds is 4. The van der Waals surface area contributed by atoms with E-state index in [0.717, 1.165) is 23.7 Å². The molecule has 1 heterocycles. The van der Waals surface area contributed by atoms with E-state index in [0.29, 0.717) is 12.1 Å². The van der Waals surface area contributed by atoms with E-state index < -0.39 is 11.9 Å². The molecule has 2 N–H and O–H groups in total. The SMILES string of the molecule is CC(C)n1cc(Br)cc1C(=O)NC1CCCCC1C(=O)O. The summed E-state index contributed by atoms with van der Waals surface area (Å²) in [5.41, 5.74) is 0.562. The van der Waals surface area contributed by atoms with Crippen molar-refractivity contribution >= 4 is 27.8 Å². The lowest BCUT2D eigenvalue weighted by Crippen LogP contribution is -2.45. The van der Waals surface area contributed by atoms with Gasteiger partial charge in [-0.15, -0.1) is 0 Å². The lowest BCUT2D eigenvalue weighted by molar-refractivity contribution is -0.143. The second kappa shape index (κ2) is 6.64. The topological polar surface area (TPSA) is 71.3 Å². The number of carboxylic acid groups (broad SMARTS) is 1. The third-order valence-electron chi connectivity index (χ3n) is 4.00. The summed E-state index contributed by atoms with van der Waals surface area (Å²) in [6, 6.07) is 1.66. The van der Waals surface area contributed by atoms with Gasteiger partial charge in [0.15, 0.2) is 0 Å². The number of aliphatic carboxylic acids is 1. The summed E-state index contributed by atoms with van der Waals surface area (Å²) < 4.78 is 2.73. The first-order valence-corrected chi connectivity index (χ1v) is 8.10. The number of aromatic nitrogens is 1. The third kappa shape index (κ3) is 3.67. The van der Waals surface area contributed by atoms with Crippen LogP contribution in [0.1, 0.15) is 56.1 Å². The Hall–Kier alpha value is -1.30. The molecule has 1 amide bonds. The van der Waals surface area contributed by atoms with E-state index in [1.807, 2.05) is 24.6 Å². The quantitative estimate of drug-likeness (QED) is 0.869. The Morgan fingerprint density at radius 3 is 2.67 bits per heavy atom. The summed E-state index contributed by atoms with van der Waals surface area (Å²) in [7, 11) is 0. The van der Waals surface area contributed by atoms with Gasteiger partial charge in [0.1, 0.15) is 5.69 Å². The summed E-state index contributed by atoms with van der Waals surface area (Å²) >= 11 is 3.38. The number of carbonyl (C=O) groups is 2. The first kappa shape index (κ1) is 16.1. The standard InChI is InChI=1S/C15H21BrN2O3/c1-9(2)18-8-10(16)7-13(18)14(19)17-12-6-4-3-5-11(12)15(20)21/h7-9,11-12H,3-6H2,1-2H3,(H,17,19)(H,20,21). The molecule has 2 unspecified atom stereocenters. The van der Waals surface area contributed by atoms with Gasteiger partial charge in [-0.2, -0.15) is 0 Å². The van der Waals surface area contributed by atoms with Crippen LogP contribution in [0.2, 0.25) is 0 Å². The van der Waals surface area contributed by atoms with Crippen molar-refractivity contribution in [2.45, 2.75) is 51.6 Å². The Morgan fingerprint density at radius 2 is 2.05 bits per heavy atom. The Bertz CT molecular complexity index is 539. The Morgan fingerprint density at radius 1 is 1.38 bits per heavy atom. The molecule has 0 aliphatic heterocycles. The van der Waals surface area contributed by atoms with Crippen LogP contribution in [0, 0.1) is 5.92 Å². The van der Waals surface area contributed by atoms with Crippen LogP contribution in [0.25, 0.3) is 0 Å². The van der Waals surface area contributed by atoms with E-state index in [9.17, 15) is 14.7 Å². The molecular weight excluding hydrogens is 336 g/mol. The molecule has 0 aromatic carbocycles. The van der Waals surface area contributed by atoms with Gasteiger partial charge < -0.3 is 15.0 Å². The number of carbonyl (C=O) groups excluding carboxylic acids is 1. The lowest BCUT2D eigenvalue weighted by Gasteiger charge is -2.29. The first-order chi connectivity index (χ1) is 9.90. The van der Waals surface area contributed by atoms with Gasteiger partial charge in [0.05, 0.1) is 5.92 Å². The summed E-state index contributed by atoms with van der Waals surface area (Å²) in [4.78, 5) is 23.8. The largest absolute Gasteiger partial charge is 0.481 e. The molecule has 1 aliphatic rings. The van der Waals surface area contributed by atoms with Gasteiger partial charge in [0.25, 0.3) is 5.91 Å². The zero-order valence-electron chi connectivity index (χ0n) is 12.3. The minimum atomic E-state index is -0.819. The molecule has 1 saturated carbocycles. The van der Waals surface area contributed by atoms with Gasteiger partial charge in [-0.1, -0.05) is 12.8 Å². The Balaban J connectivity index is 2.15. The zero-order chi connectivity index (χ0) is 15.6. The van der Waals surface area contributed by atoms with Crippen molar-refractivity contribution in [3.05, 3.63) is 22.4 Å². The minimum Gasteiger partial charge on any atom is -0.481 e. The van der Waals surface area contributed by atoms with E-state index in [1.165, 1.54) is 0 Å². The molecule has 0 saturated heterocycles. The highest BCUT2D eigenvalue weighted by atomic mass is 79.9. The molecule has 0 radical (unpaired) electrons.